The van der Waals surface area contributed by atoms with Crippen LogP contribution in [0.25, 0.3) is 11.3 Å². The van der Waals surface area contributed by atoms with Crippen molar-refractivity contribution in [3.05, 3.63) is 42.4 Å². The molecule has 112 valence electrons. The van der Waals surface area contributed by atoms with E-state index in [2.05, 4.69) is 9.97 Å². The number of pyridine rings is 2. The van der Waals surface area contributed by atoms with Crippen molar-refractivity contribution in [1.82, 2.24) is 19.8 Å². The van der Waals surface area contributed by atoms with Crippen LogP contribution in [0, 0.1) is 5.41 Å². The summed E-state index contributed by atoms with van der Waals surface area (Å²) in [4.78, 5) is 23.4. The number of amides is 2. The van der Waals surface area contributed by atoms with E-state index in [-0.39, 0.29) is 11.9 Å². The Morgan fingerprint density at radius 2 is 2.18 bits per heavy atom. The van der Waals surface area contributed by atoms with Crippen LogP contribution in [0.5, 0.6) is 0 Å². The molecule has 1 saturated heterocycles. The molecule has 3 heterocycles. The van der Waals surface area contributed by atoms with Gasteiger partial charge in [0.15, 0.2) is 0 Å². The number of nitrogens with zero attached hydrogens (tertiary/aromatic N) is 4. The summed E-state index contributed by atoms with van der Waals surface area (Å²) < 4.78 is 0. The van der Waals surface area contributed by atoms with Crippen LogP contribution in [0.3, 0.4) is 0 Å². The van der Waals surface area contributed by atoms with Gasteiger partial charge in [0.25, 0.3) is 0 Å². The summed E-state index contributed by atoms with van der Waals surface area (Å²) in [5, 5.41) is 8.30. The second-order valence-corrected chi connectivity index (χ2v) is 5.10. The van der Waals surface area contributed by atoms with Crippen molar-refractivity contribution in [2.45, 2.75) is 0 Å². The number of hydrogen-bond donors (Lipinski definition) is 2. The summed E-state index contributed by atoms with van der Waals surface area (Å²) in [7, 11) is 1.71. The second kappa shape index (κ2) is 5.44. The van der Waals surface area contributed by atoms with Gasteiger partial charge in [-0.1, -0.05) is 0 Å². The van der Waals surface area contributed by atoms with Crippen LogP contribution in [-0.2, 0) is 0 Å². The van der Waals surface area contributed by atoms with Gasteiger partial charge in [-0.25, -0.2) is 4.79 Å². The highest BCUT2D eigenvalue weighted by molar-refractivity contribution is 6.09. The molecule has 0 saturated carbocycles. The molecule has 0 unspecified atom stereocenters. The molecule has 0 spiro atoms. The average molecular weight is 296 g/mol. The lowest BCUT2D eigenvalue weighted by molar-refractivity contribution is 0.213. The van der Waals surface area contributed by atoms with E-state index in [4.69, 9.17) is 11.1 Å². The van der Waals surface area contributed by atoms with Crippen molar-refractivity contribution in [3.8, 4) is 11.3 Å². The second-order valence-electron chi connectivity index (χ2n) is 5.10. The van der Waals surface area contributed by atoms with E-state index < -0.39 is 0 Å². The lowest BCUT2D eigenvalue weighted by atomic mass is 10.1. The SMILES string of the molecule is CN1CCN(C(=N)c2cc(-c3cccnc3)ncc2N)C1=O. The van der Waals surface area contributed by atoms with Gasteiger partial charge in [0.05, 0.1) is 17.6 Å². The van der Waals surface area contributed by atoms with Crippen LogP contribution < -0.4 is 5.73 Å². The predicted molar refractivity (Wildman–Crippen MR) is 83.4 cm³/mol. The summed E-state index contributed by atoms with van der Waals surface area (Å²) in [6.45, 7) is 1.08. The van der Waals surface area contributed by atoms with E-state index in [1.165, 1.54) is 11.1 Å². The molecule has 0 aliphatic carbocycles. The summed E-state index contributed by atoms with van der Waals surface area (Å²) in [6.07, 6.45) is 4.89. The summed E-state index contributed by atoms with van der Waals surface area (Å²) in [6, 6.07) is 5.23. The van der Waals surface area contributed by atoms with Crippen molar-refractivity contribution in [2.75, 3.05) is 25.9 Å². The van der Waals surface area contributed by atoms with Gasteiger partial charge in [-0.15, -0.1) is 0 Å². The number of nitrogen functional groups attached to an aromatic ring is 1. The van der Waals surface area contributed by atoms with Gasteiger partial charge in [-0.2, -0.15) is 0 Å². The van der Waals surface area contributed by atoms with Gasteiger partial charge in [0, 0.05) is 43.7 Å². The summed E-state index contributed by atoms with van der Waals surface area (Å²) >= 11 is 0. The first kappa shape index (κ1) is 14.0. The summed E-state index contributed by atoms with van der Waals surface area (Å²) in [5.41, 5.74) is 8.32. The molecule has 7 nitrogen and oxygen atoms in total. The van der Waals surface area contributed by atoms with Crippen molar-refractivity contribution < 1.29 is 4.79 Å². The molecule has 2 amide bonds. The van der Waals surface area contributed by atoms with Crippen LogP contribution >= 0.6 is 0 Å². The molecule has 0 radical (unpaired) electrons. The standard InChI is InChI=1S/C15H16N6O/c1-20-5-6-21(15(20)22)14(17)11-7-13(19-9-12(11)16)10-3-2-4-18-8-10/h2-4,7-9,17H,5-6,16H2,1H3. The number of likely N-dealkylation sites (N-methyl/N-ethyl adjacent to an activating group) is 1. The fraction of sp³-hybridized carbons (Fsp3) is 0.200. The van der Waals surface area contributed by atoms with Gasteiger partial charge in [-0.05, 0) is 18.2 Å². The predicted octanol–water partition coefficient (Wildman–Crippen LogP) is 1.42. The first-order valence-electron chi connectivity index (χ1n) is 6.85. The Bertz CT molecular complexity index is 730. The molecule has 1 aliphatic rings. The molecule has 7 heteroatoms. The number of rotatable bonds is 2. The number of amidine groups is 1. The molecule has 3 N–H and O–H groups in total. The number of urea groups is 1. The first-order valence-corrected chi connectivity index (χ1v) is 6.85. The molecular formula is C15H16N6O. The van der Waals surface area contributed by atoms with E-state index in [0.717, 1.165) is 5.56 Å². The third-order valence-electron chi connectivity index (χ3n) is 3.63. The van der Waals surface area contributed by atoms with E-state index in [1.54, 1.807) is 30.4 Å². The van der Waals surface area contributed by atoms with E-state index in [0.29, 0.717) is 30.0 Å². The normalized spacial score (nSPS) is 14.5. The zero-order valence-corrected chi connectivity index (χ0v) is 12.2. The van der Waals surface area contributed by atoms with Crippen LogP contribution in [0.15, 0.2) is 36.8 Å². The Labute approximate surface area is 127 Å². The van der Waals surface area contributed by atoms with Crippen LogP contribution in [0.4, 0.5) is 10.5 Å². The third-order valence-corrected chi connectivity index (χ3v) is 3.63. The number of carbonyl (C=O) groups is 1. The summed E-state index contributed by atoms with van der Waals surface area (Å²) in [5.74, 6) is 0.0967. The lowest BCUT2D eigenvalue weighted by Crippen LogP contribution is -2.35. The van der Waals surface area contributed by atoms with Gasteiger partial charge in [-0.3, -0.25) is 20.3 Å². The third kappa shape index (κ3) is 2.37. The smallest absolute Gasteiger partial charge is 0.325 e. The maximum Gasteiger partial charge on any atom is 0.325 e. The minimum atomic E-state index is -0.191. The number of carbonyl (C=O) groups excluding carboxylic acids is 1. The molecule has 0 atom stereocenters. The Hall–Kier alpha value is -2.96. The van der Waals surface area contributed by atoms with Crippen molar-refractivity contribution in [1.29, 1.82) is 5.41 Å². The Morgan fingerprint density at radius 3 is 2.82 bits per heavy atom. The minimum Gasteiger partial charge on any atom is -0.397 e. The Morgan fingerprint density at radius 1 is 1.36 bits per heavy atom. The van der Waals surface area contributed by atoms with Crippen LogP contribution in [0.1, 0.15) is 5.56 Å². The highest BCUT2D eigenvalue weighted by Crippen LogP contribution is 2.22. The Kier molecular flexibility index (Phi) is 3.46. The molecule has 0 bridgehead atoms. The molecule has 22 heavy (non-hydrogen) atoms. The van der Waals surface area contributed by atoms with Crippen LogP contribution in [-0.4, -0.2) is 51.8 Å². The van der Waals surface area contributed by atoms with E-state index in [1.807, 2.05) is 12.1 Å². The van der Waals surface area contributed by atoms with E-state index >= 15 is 0 Å². The van der Waals surface area contributed by atoms with Crippen LogP contribution in [0.2, 0.25) is 0 Å². The molecule has 3 rings (SSSR count). The van der Waals surface area contributed by atoms with Gasteiger partial charge in [0.1, 0.15) is 5.84 Å². The molecule has 2 aromatic rings. The number of nitrogens with one attached hydrogen (secondary N) is 1. The van der Waals surface area contributed by atoms with Crippen molar-refractivity contribution >= 4 is 17.6 Å². The quantitative estimate of drug-likeness (QED) is 0.646. The number of aromatic nitrogens is 2. The maximum atomic E-state index is 12.0. The van der Waals surface area contributed by atoms with Crippen molar-refractivity contribution in [2.24, 2.45) is 0 Å². The maximum absolute atomic E-state index is 12.0. The molecule has 2 aromatic heterocycles. The van der Waals surface area contributed by atoms with Crippen molar-refractivity contribution in [3.63, 3.8) is 0 Å². The number of anilines is 1. The molecule has 1 aliphatic heterocycles. The van der Waals surface area contributed by atoms with Gasteiger partial charge < -0.3 is 10.6 Å². The molecule has 0 aromatic carbocycles. The van der Waals surface area contributed by atoms with E-state index in [9.17, 15) is 4.79 Å². The highest BCUT2D eigenvalue weighted by atomic mass is 16.2. The number of hydrogen-bond acceptors (Lipinski definition) is 5. The lowest BCUT2D eigenvalue weighted by Gasteiger charge is -2.18. The zero-order chi connectivity index (χ0) is 15.7. The van der Waals surface area contributed by atoms with Gasteiger partial charge >= 0.3 is 6.03 Å². The fourth-order valence-corrected chi connectivity index (χ4v) is 2.34. The largest absolute Gasteiger partial charge is 0.397 e. The molecule has 1 fully saturated rings. The fourth-order valence-electron chi connectivity index (χ4n) is 2.34. The van der Waals surface area contributed by atoms with Gasteiger partial charge in [0.2, 0.25) is 0 Å². The topological polar surface area (TPSA) is 99.2 Å². The molecular weight excluding hydrogens is 280 g/mol. The minimum absolute atomic E-state index is 0.0967. The number of nitrogens with two attached hydrogens (primary N) is 1. The monoisotopic (exact) mass is 296 g/mol. The Balaban J connectivity index is 1.97. The average Bonchev–Trinajstić information content (AvgIpc) is 2.88. The highest BCUT2D eigenvalue weighted by Gasteiger charge is 2.30. The zero-order valence-electron chi connectivity index (χ0n) is 12.2. The first-order chi connectivity index (χ1) is 10.6.